The topological polar surface area (TPSA) is 109 Å². The van der Waals surface area contributed by atoms with Crippen LogP contribution in [0.3, 0.4) is 0 Å². The fourth-order valence-corrected chi connectivity index (χ4v) is 6.43. The van der Waals surface area contributed by atoms with E-state index in [2.05, 4.69) is 5.32 Å². The molecule has 3 fully saturated rings. The van der Waals surface area contributed by atoms with Crippen molar-refractivity contribution in [2.75, 3.05) is 5.32 Å². The molecule has 0 spiro atoms. The predicted octanol–water partition coefficient (Wildman–Crippen LogP) is 2.41. The van der Waals surface area contributed by atoms with Gasteiger partial charge in [0.1, 0.15) is 5.00 Å². The lowest BCUT2D eigenvalue weighted by atomic mass is 9.58. The molecule has 4 N–H and O–H groups in total. The van der Waals surface area contributed by atoms with Crippen LogP contribution in [0.5, 0.6) is 0 Å². The molecule has 1 aromatic heterocycles. The number of fused-ring (bicyclic) bond motifs is 4. The Morgan fingerprint density at radius 1 is 1.04 bits per heavy atom. The summed E-state index contributed by atoms with van der Waals surface area (Å²) in [5.74, 6) is -2.58. The zero-order chi connectivity index (χ0) is 17.7. The minimum absolute atomic E-state index is 0.0854. The molecule has 0 aromatic carbocycles. The van der Waals surface area contributed by atoms with E-state index in [4.69, 9.17) is 5.73 Å². The van der Waals surface area contributed by atoms with Gasteiger partial charge in [0.15, 0.2) is 0 Å². The summed E-state index contributed by atoms with van der Waals surface area (Å²) < 4.78 is 0. The van der Waals surface area contributed by atoms with Gasteiger partial charge in [-0.15, -0.1) is 11.3 Å². The molecule has 6 nitrogen and oxygen atoms in total. The van der Waals surface area contributed by atoms with Crippen molar-refractivity contribution in [2.24, 2.45) is 29.4 Å². The van der Waals surface area contributed by atoms with Gasteiger partial charge in [-0.05, 0) is 62.3 Å². The summed E-state index contributed by atoms with van der Waals surface area (Å²) in [6.45, 7) is 0. The average molecular weight is 362 g/mol. The Labute approximate surface area is 149 Å². The van der Waals surface area contributed by atoms with Crippen molar-refractivity contribution in [3.63, 3.8) is 0 Å². The van der Waals surface area contributed by atoms with Gasteiger partial charge in [-0.3, -0.25) is 14.4 Å². The van der Waals surface area contributed by atoms with Gasteiger partial charge < -0.3 is 16.2 Å². The summed E-state index contributed by atoms with van der Waals surface area (Å²) in [4.78, 5) is 37.7. The van der Waals surface area contributed by atoms with Gasteiger partial charge >= 0.3 is 5.97 Å². The molecular formula is C18H22N2O4S. The highest BCUT2D eigenvalue weighted by atomic mass is 32.1. The molecule has 4 aliphatic rings. The number of rotatable bonds is 4. The van der Waals surface area contributed by atoms with Crippen LogP contribution in [-0.2, 0) is 22.4 Å². The maximum Gasteiger partial charge on any atom is 0.307 e. The van der Waals surface area contributed by atoms with E-state index in [-0.39, 0.29) is 17.7 Å². The van der Waals surface area contributed by atoms with Crippen LogP contribution in [0.15, 0.2) is 0 Å². The van der Waals surface area contributed by atoms with Crippen LogP contribution in [0, 0.1) is 23.7 Å². The van der Waals surface area contributed by atoms with Crippen LogP contribution in [0.4, 0.5) is 5.00 Å². The van der Waals surface area contributed by atoms with Gasteiger partial charge in [-0.25, -0.2) is 0 Å². The van der Waals surface area contributed by atoms with Crippen LogP contribution in [0.25, 0.3) is 0 Å². The van der Waals surface area contributed by atoms with Gasteiger partial charge in [0.05, 0.1) is 17.4 Å². The highest BCUT2D eigenvalue weighted by Gasteiger charge is 2.50. The number of primary amides is 1. The predicted molar refractivity (Wildman–Crippen MR) is 93.6 cm³/mol. The van der Waals surface area contributed by atoms with Gasteiger partial charge in [-0.1, -0.05) is 0 Å². The van der Waals surface area contributed by atoms with Crippen molar-refractivity contribution < 1.29 is 19.5 Å². The number of carbonyl (C=O) groups excluding carboxylic acids is 2. The van der Waals surface area contributed by atoms with E-state index in [0.717, 1.165) is 55.4 Å². The number of nitrogens with one attached hydrogen (secondary N) is 1. The van der Waals surface area contributed by atoms with Gasteiger partial charge in [-0.2, -0.15) is 0 Å². The largest absolute Gasteiger partial charge is 0.481 e. The Bertz CT molecular complexity index is 749. The lowest BCUT2D eigenvalue weighted by molar-refractivity contribution is -0.156. The van der Waals surface area contributed by atoms with E-state index in [0.29, 0.717) is 10.6 Å². The Kier molecular flexibility index (Phi) is 4.06. The van der Waals surface area contributed by atoms with Crippen molar-refractivity contribution >= 4 is 34.1 Å². The fourth-order valence-electron chi connectivity index (χ4n) is 5.13. The molecule has 2 atom stereocenters. The first-order valence-corrected chi connectivity index (χ1v) is 9.77. The molecule has 5 rings (SSSR count). The summed E-state index contributed by atoms with van der Waals surface area (Å²) in [6.07, 6.45) is 6.33. The molecule has 1 heterocycles. The molecule has 25 heavy (non-hydrogen) atoms. The zero-order valence-electron chi connectivity index (χ0n) is 13.9. The second-order valence-electron chi connectivity index (χ2n) is 7.48. The molecule has 3 saturated carbocycles. The number of anilines is 1. The van der Waals surface area contributed by atoms with Crippen LogP contribution in [0.2, 0.25) is 0 Å². The molecule has 7 heteroatoms. The van der Waals surface area contributed by atoms with Gasteiger partial charge in [0.25, 0.3) is 5.91 Å². The number of carboxylic acid groups (broad SMARTS) is 1. The van der Waals surface area contributed by atoms with Crippen LogP contribution >= 0.6 is 11.3 Å². The molecule has 0 radical (unpaired) electrons. The molecule has 4 aliphatic carbocycles. The number of carboxylic acids is 1. The number of hydrogen-bond donors (Lipinski definition) is 3. The summed E-state index contributed by atoms with van der Waals surface area (Å²) in [6, 6.07) is 0. The van der Waals surface area contributed by atoms with Crippen molar-refractivity contribution in [1.29, 1.82) is 0 Å². The second-order valence-corrected chi connectivity index (χ2v) is 8.58. The van der Waals surface area contributed by atoms with E-state index in [1.54, 1.807) is 0 Å². The number of nitrogens with two attached hydrogens (primary N) is 1. The van der Waals surface area contributed by atoms with Crippen LogP contribution in [-0.4, -0.2) is 22.9 Å². The van der Waals surface area contributed by atoms with Gasteiger partial charge in [0, 0.05) is 4.88 Å². The summed E-state index contributed by atoms with van der Waals surface area (Å²) in [7, 11) is 0. The lowest BCUT2D eigenvalue weighted by Crippen LogP contribution is -2.49. The molecule has 0 aliphatic heterocycles. The van der Waals surface area contributed by atoms with Crippen molar-refractivity contribution in [2.45, 2.75) is 44.9 Å². The minimum atomic E-state index is -0.877. The maximum atomic E-state index is 13.0. The van der Waals surface area contributed by atoms with E-state index in [9.17, 15) is 19.5 Å². The van der Waals surface area contributed by atoms with Crippen molar-refractivity contribution in [3.8, 4) is 0 Å². The summed E-state index contributed by atoms with van der Waals surface area (Å²) >= 11 is 1.42. The highest BCUT2D eigenvalue weighted by Crippen LogP contribution is 2.49. The first kappa shape index (κ1) is 16.6. The van der Waals surface area contributed by atoms with Crippen molar-refractivity contribution in [1.82, 2.24) is 0 Å². The summed E-state index contributed by atoms with van der Waals surface area (Å²) in [5, 5.41) is 13.0. The number of amides is 2. The molecule has 134 valence electrons. The quantitative estimate of drug-likeness (QED) is 0.764. The normalized spacial score (nSPS) is 30.1. The third kappa shape index (κ3) is 2.65. The lowest BCUT2D eigenvalue weighted by Gasteiger charge is -2.45. The Morgan fingerprint density at radius 3 is 2.28 bits per heavy atom. The molecular weight excluding hydrogens is 340 g/mol. The highest BCUT2D eigenvalue weighted by molar-refractivity contribution is 7.17. The van der Waals surface area contributed by atoms with E-state index in [1.807, 2.05) is 0 Å². The number of carbonyl (C=O) groups is 3. The number of hydrogen-bond acceptors (Lipinski definition) is 4. The van der Waals surface area contributed by atoms with E-state index >= 15 is 0 Å². The van der Waals surface area contributed by atoms with Crippen LogP contribution in [0.1, 0.15) is 52.9 Å². The van der Waals surface area contributed by atoms with E-state index < -0.39 is 23.7 Å². The number of aliphatic carboxylic acids is 1. The standard InChI is InChI=1S/C18H22N2O4S/c19-15(21)14-10-2-1-3-11(10)25-17(14)20-16(22)12-8-4-6-9(7-5-8)13(12)18(23)24/h8-9,12-13H,1-7H2,(H2,19,21)(H,20,22)(H,23,24)/t8?,9?,12-,13+/m1/s1. The second kappa shape index (κ2) is 6.12. The Hall–Kier alpha value is -1.89. The number of aryl methyl sites for hydroxylation is 1. The third-order valence-electron chi connectivity index (χ3n) is 6.21. The fraction of sp³-hybridized carbons (Fsp3) is 0.611. The van der Waals surface area contributed by atoms with Crippen LogP contribution < -0.4 is 11.1 Å². The first-order chi connectivity index (χ1) is 12.0. The molecule has 2 bridgehead atoms. The average Bonchev–Trinajstić information content (AvgIpc) is 3.14. The summed E-state index contributed by atoms with van der Waals surface area (Å²) in [5.41, 5.74) is 6.94. The Morgan fingerprint density at radius 2 is 1.68 bits per heavy atom. The monoisotopic (exact) mass is 362 g/mol. The SMILES string of the molecule is NC(=O)c1c(NC(=O)[C@@H]2C3CCC(CC3)[C@@H]2C(=O)O)sc2c1CCC2. The number of thiophene rings is 1. The third-order valence-corrected chi connectivity index (χ3v) is 7.42. The van der Waals surface area contributed by atoms with E-state index in [1.165, 1.54) is 11.3 Å². The zero-order valence-corrected chi connectivity index (χ0v) is 14.7. The molecule has 1 aromatic rings. The molecule has 0 saturated heterocycles. The molecule has 0 unspecified atom stereocenters. The molecule has 2 amide bonds. The minimum Gasteiger partial charge on any atom is -0.481 e. The smallest absolute Gasteiger partial charge is 0.307 e. The first-order valence-electron chi connectivity index (χ1n) is 8.95. The maximum absolute atomic E-state index is 13.0. The van der Waals surface area contributed by atoms with Gasteiger partial charge in [0.2, 0.25) is 5.91 Å². The Balaban J connectivity index is 1.62. The van der Waals surface area contributed by atoms with Crippen molar-refractivity contribution in [3.05, 3.63) is 16.0 Å².